The Hall–Kier alpha value is -3.17. The summed E-state index contributed by atoms with van der Waals surface area (Å²) in [7, 11) is -3.24. The van der Waals surface area contributed by atoms with Gasteiger partial charge in [0.05, 0.1) is 23.0 Å². The Bertz CT molecular complexity index is 1270. The molecule has 0 spiro atoms. The van der Waals surface area contributed by atoms with Crippen LogP contribution in [-0.4, -0.2) is 41.7 Å². The number of non-ortho nitro benzene ring substituents is 1. The van der Waals surface area contributed by atoms with E-state index in [1.54, 1.807) is 30.3 Å². The first-order valence-electron chi connectivity index (χ1n) is 9.82. The zero-order valence-electron chi connectivity index (χ0n) is 16.8. The predicted octanol–water partition coefficient (Wildman–Crippen LogP) is 4.34. The number of nitro groups is 1. The van der Waals surface area contributed by atoms with E-state index in [1.165, 1.54) is 29.2 Å². The van der Waals surface area contributed by atoms with Gasteiger partial charge in [-0.3, -0.25) is 14.9 Å². The Labute approximate surface area is 189 Å². The van der Waals surface area contributed by atoms with Crippen molar-refractivity contribution in [3.8, 4) is 11.3 Å². The van der Waals surface area contributed by atoms with E-state index in [9.17, 15) is 23.3 Å². The van der Waals surface area contributed by atoms with Crippen LogP contribution < -0.4 is 0 Å². The fraction of sp³-hybridized carbons (Fsp3) is 0.227. The van der Waals surface area contributed by atoms with Crippen LogP contribution in [0.5, 0.6) is 0 Å². The number of halogens is 1. The van der Waals surface area contributed by atoms with Crippen molar-refractivity contribution in [2.24, 2.45) is 0 Å². The maximum absolute atomic E-state index is 13.3. The van der Waals surface area contributed by atoms with Gasteiger partial charge >= 0.3 is 0 Å². The van der Waals surface area contributed by atoms with Crippen molar-refractivity contribution in [3.05, 3.63) is 87.1 Å². The second-order valence-corrected chi connectivity index (χ2v) is 10.2. The van der Waals surface area contributed by atoms with E-state index >= 15 is 0 Å². The molecule has 0 saturated carbocycles. The van der Waals surface area contributed by atoms with Crippen LogP contribution >= 0.6 is 11.6 Å². The van der Waals surface area contributed by atoms with Crippen LogP contribution in [0, 0.1) is 10.1 Å². The number of carbonyl (C=O) groups is 1. The number of sulfone groups is 1. The van der Waals surface area contributed by atoms with Crippen LogP contribution in [0.4, 0.5) is 5.69 Å². The van der Waals surface area contributed by atoms with Gasteiger partial charge in [0.25, 0.3) is 11.6 Å². The van der Waals surface area contributed by atoms with Crippen molar-refractivity contribution in [2.45, 2.75) is 19.0 Å². The highest BCUT2D eigenvalue weighted by atomic mass is 35.5. The second kappa shape index (κ2) is 8.76. The molecule has 4 rings (SSSR count). The summed E-state index contributed by atoms with van der Waals surface area (Å²) in [4.78, 5) is 25.1. The lowest BCUT2D eigenvalue weighted by Gasteiger charge is -2.27. The Balaban J connectivity index is 1.61. The van der Waals surface area contributed by atoms with Gasteiger partial charge in [-0.05, 0) is 42.8 Å². The molecule has 2 aromatic carbocycles. The highest BCUT2D eigenvalue weighted by Gasteiger charge is 2.35. The van der Waals surface area contributed by atoms with Gasteiger partial charge in [-0.1, -0.05) is 23.7 Å². The molecule has 0 N–H and O–H groups in total. The van der Waals surface area contributed by atoms with Crippen LogP contribution in [0.3, 0.4) is 0 Å². The van der Waals surface area contributed by atoms with Crippen LogP contribution in [0.1, 0.15) is 22.5 Å². The molecule has 2 heterocycles. The molecule has 1 saturated heterocycles. The molecule has 0 bridgehead atoms. The summed E-state index contributed by atoms with van der Waals surface area (Å²) in [6, 6.07) is 15.4. The lowest BCUT2D eigenvalue weighted by molar-refractivity contribution is -0.384. The number of hydrogen-bond donors (Lipinski definition) is 0. The third kappa shape index (κ3) is 4.84. The van der Waals surface area contributed by atoms with Gasteiger partial charge in [-0.15, -0.1) is 0 Å². The zero-order chi connectivity index (χ0) is 22.9. The summed E-state index contributed by atoms with van der Waals surface area (Å²) >= 11 is 6.05. The van der Waals surface area contributed by atoms with Crippen LogP contribution in [-0.2, 0) is 16.4 Å². The summed E-state index contributed by atoms with van der Waals surface area (Å²) in [6.07, 6.45) is 0.322. The summed E-state index contributed by atoms with van der Waals surface area (Å²) < 4.78 is 30.0. The third-order valence-corrected chi connectivity index (χ3v) is 7.32. The normalized spacial score (nSPS) is 17.2. The van der Waals surface area contributed by atoms with Gasteiger partial charge in [-0.25, -0.2) is 8.42 Å². The monoisotopic (exact) mass is 474 g/mol. The Morgan fingerprint density at radius 2 is 1.91 bits per heavy atom. The van der Waals surface area contributed by atoms with E-state index in [1.807, 2.05) is 6.07 Å². The van der Waals surface area contributed by atoms with Gasteiger partial charge < -0.3 is 9.32 Å². The summed E-state index contributed by atoms with van der Waals surface area (Å²) in [6.45, 7) is 0.0660. The highest BCUT2D eigenvalue weighted by molar-refractivity contribution is 7.91. The smallest absolute Gasteiger partial charge is 0.269 e. The van der Waals surface area contributed by atoms with Crippen molar-refractivity contribution < 1.29 is 22.6 Å². The molecule has 10 heteroatoms. The van der Waals surface area contributed by atoms with Crippen molar-refractivity contribution in [3.63, 3.8) is 0 Å². The molecule has 32 heavy (non-hydrogen) atoms. The number of rotatable bonds is 6. The summed E-state index contributed by atoms with van der Waals surface area (Å²) in [5.41, 5.74) is 0.885. The fourth-order valence-electron chi connectivity index (χ4n) is 3.71. The number of nitro benzene ring substituents is 1. The first-order chi connectivity index (χ1) is 15.2. The molecule has 1 aliphatic rings. The van der Waals surface area contributed by atoms with E-state index in [2.05, 4.69) is 0 Å². The molecule has 0 aliphatic carbocycles. The molecule has 0 radical (unpaired) electrons. The number of benzene rings is 2. The molecule has 1 atom stereocenters. The van der Waals surface area contributed by atoms with E-state index in [-0.39, 0.29) is 29.3 Å². The molecule has 166 valence electrons. The molecular formula is C22H19ClN2O6S. The van der Waals surface area contributed by atoms with E-state index in [0.29, 0.717) is 23.0 Å². The molecule has 1 aliphatic heterocycles. The van der Waals surface area contributed by atoms with Gasteiger partial charge in [0.2, 0.25) is 0 Å². The minimum absolute atomic E-state index is 0.00757. The minimum atomic E-state index is -3.24. The second-order valence-electron chi connectivity index (χ2n) is 7.57. The maximum Gasteiger partial charge on any atom is 0.269 e. The van der Waals surface area contributed by atoms with Crippen molar-refractivity contribution in [1.82, 2.24) is 4.90 Å². The Morgan fingerprint density at radius 1 is 1.16 bits per heavy atom. The number of amides is 1. The van der Waals surface area contributed by atoms with Gasteiger partial charge in [0.15, 0.2) is 9.84 Å². The zero-order valence-corrected chi connectivity index (χ0v) is 18.4. The van der Waals surface area contributed by atoms with E-state index in [4.69, 9.17) is 16.0 Å². The van der Waals surface area contributed by atoms with Gasteiger partial charge in [0, 0.05) is 34.3 Å². The summed E-state index contributed by atoms with van der Waals surface area (Å²) in [5, 5.41) is 11.5. The van der Waals surface area contributed by atoms with Crippen LogP contribution in [0.2, 0.25) is 5.02 Å². The van der Waals surface area contributed by atoms with Gasteiger partial charge in [-0.2, -0.15) is 0 Å². The standard InChI is InChI=1S/C22H19ClN2O6S/c23-17-3-1-2-16(12-17)21-9-8-20(31-21)13-24(19-10-11-32(29,30)14-19)22(26)15-4-6-18(7-5-15)25(27)28/h1-9,12,19H,10-11,13-14H2/t19-/m1/s1. The first-order valence-corrected chi connectivity index (χ1v) is 12.0. The number of nitrogens with zero attached hydrogens (tertiary/aromatic N) is 2. The van der Waals surface area contributed by atoms with E-state index in [0.717, 1.165) is 5.56 Å². The predicted molar refractivity (Wildman–Crippen MR) is 119 cm³/mol. The molecule has 1 aromatic heterocycles. The molecule has 3 aromatic rings. The number of furan rings is 1. The molecule has 0 unspecified atom stereocenters. The topological polar surface area (TPSA) is 111 Å². The lowest BCUT2D eigenvalue weighted by atomic mass is 10.1. The first kappa shape index (κ1) is 22.0. The average Bonchev–Trinajstić information content (AvgIpc) is 3.37. The molecular weight excluding hydrogens is 456 g/mol. The van der Waals surface area contributed by atoms with Crippen LogP contribution in [0.25, 0.3) is 11.3 Å². The Kier molecular flexibility index (Phi) is 6.03. The molecule has 8 nitrogen and oxygen atoms in total. The SMILES string of the molecule is O=C(c1ccc([N+](=O)[O-])cc1)N(Cc1ccc(-c2cccc(Cl)c2)o1)[C@@H]1CCS(=O)(=O)C1. The van der Waals surface area contributed by atoms with Crippen molar-refractivity contribution >= 4 is 33.0 Å². The van der Waals surface area contributed by atoms with E-state index < -0.39 is 26.7 Å². The molecule has 1 fully saturated rings. The van der Waals surface area contributed by atoms with Crippen LogP contribution in [0.15, 0.2) is 65.1 Å². The average molecular weight is 475 g/mol. The Morgan fingerprint density at radius 3 is 2.53 bits per heavy atom. The third-order valence-electron chi connectivity index (χ3n) is 5.33. The van der Waals surface area contributed by atoms with Gasteiger partial charge in [0.1, 0.15) is 11.5 Å². The van der Waals surface area contributed by atoms with Crippen molar-refractivity contribution in [1.29, 1.82) is 0 Å². The highest BCUT2D eigenvalue weighted by Crippen LogP contribution is 2.28. The van der Waals surface area contributed by atoms with Crippen molar-refractivity contribution in [2.75, 3.05) is 11.5 Å². The minimum Gasteiger partial charge on any atom is -0.459 e. The summed E-state index contributed by atoms with van der Waals surface area (Å²) in [5.74, 6) is 0.521. The maximum atomic E-state index is 13.3. The lowest BCUT2D eigenvalue weighted by Crippen LogP contribution is -2.40. The number of hydrogen-bond acceptors (Lipinski definition) is 6. The quantitative estimate of drug-likeness (QED) is 0.388. The fourth-order valence-corrected chi connectivity index (χ4v) is 5.63. The largest absolute Gasteiger partial charge is 0.459 e. The molecule has 1 amide bonds. The number of carbonyl (C=O) groups excluding carboxylic acids is 1.